The van der Waals surface area contributed by atoms with Crippen LogP contribution in [-0.2, 0) is 9.53 Å². The quantitative estimate of drug-likeness (QED) is 0.395. The van der Waals surface area contributed by atoms with Crippen molar-refractivity contribution in [1.82, 2.24) is 9.78 Å². The first-order valence-corrected chi connectivity index (χ1v) is 13.9. The first-order valence-electron chi connectivity index (χ1n) is 13.1. The summed E-state index contributed by atoms with van der Waals surface area (Å²) in [7, 11) is 1.41. The molecule has 0 N–H and O–H groups in total. The number of fused-ring (bicyclic) bond motifs is 5. The summed E-state index contributed by atoms with van der Waals surface area (Å²) in [6, 6.07) is 10.0. The Labute approximate surface area is 221 Å². The highest BCUT2D eigenvalue weighted by Gasteiger charge is 2.59. The fraction of sp³-hybridized carbons (Fsp3) is 0.500. The highest BCUT2D eigenvalue weighted by Crippen LogP contribution is 2.67. The summed E-state index contributed by atoms with van der Waals surface area (Å²) in [6.07, 6.45) is 12.7. The van der Waals surface area contributed by atoms with Gasteiger partial charge in [0.1, 0.15) is 0 Å². The second-order valence-corrected chi connectivity index (χ2v) is 12.4. The number of esters is 1. The second kappa shape index (κ2) is 8.54. The van der Waals surface area contributed by atoms with E-state index >= 15 is 0 Å². The van der Waals surface area contributed by atoms with Crippen LogP contribution in [0, 0.1) is 28.6 Å². The van der Waals surface area contributed by atoms with Crippen molar-refractivity contribution in [2.24, 2.45) is 28.6 Å². The molecule has 2 aromatic rings. The van der Waals surface area contributed by atoms with Crippen molar-refractivity contribution in [3.8, 4) is 5.69 Å². The fourth-order valence-electron chi connectivity index (χ4n) is 8.35. The Morgan fingerprint density at radius 2 is 1.94 bits per heavy atom. The summed E-state index contributed by atoms with van der Waals surface area (Å²) < 4.78 is 7.97. The van der Waals surface area contributed by atoms with Crippen LogP contribution in [0.5, 0.6) is 0 Å². The third-order valence-corrected chi connectivity index (χ3v) is 10.8. The molecule has 6 heteroatoms. The number of hydrogen-bond donors (Lipinski definition) is 0. The zero-order valence-electron chi connectivity index (χ0n) is 21.2. The topological polar surface area (TPSA) is 61.2 Å². The maximum atomic E-state index is 12.5. The van der Waals surface area contributed by atoms with Crippen molar-refractivity contribution in [3.05, 3.63) is 70.0 Å². The van der Waals surface area contributed by atoms with Crippen molar-refractivity contribution >= 4 is 27.7 Å². The Hall–Kier alpha value is -2.47. The predicted molar refractivity (Wildman–Crippen MR) is 142 cm³/mol. The lowest BCUT2D eigenvalue weighted by Crippen LogP contribution is -2.49. The number of ether oxygens (including phenoxy) is 1. The zero-order valence-corrected chi connectivity index (χ0v) is 22.8. The number of ketones is 1. The number of halogens is 1. The van der Waals surface area contributed by atoms with Gasteiger partial charge < -0.3 is 4.74 Å². The molecule has 188 valence electrons. The Bertz CT molecular complexity index is 1310. The Morgan fingerprint density at radius 1 is 1.14 bits per heavy atom. The van der Waals surface area contributed by atoms with Crippen LogP contribution in [0.2, 0.25) is 0 Å². The normalized spacial score (nSPS) is 35.0. The Morgan fingerprint density at radius 3 is 2.72 bits per heavy atom. The Kier molecular flexibility index (Phi) is 5.67. The number of nitrogens with zero attached hydrogens (tertiary/aromatic N) is 2. The van der Waals surface area contributed by atoms with E-state index in [1.807, 2.05) is 41.1 Å². The Balaban J connectivity index is 1.39. The van der Waals surface area contributed by atoms with E-state index in [1.54, 1.807) is 6.08 Å². The molecule has 6 atom stereocenters. The number of para-hydroxylation sites is 1. The van der Waals surface area contributed by atoms with E-state index in [1.165, 1.54) is 19.1 Å². The van der Waals surface area contributed by atoms with Gasteiger partial charge in [-0.2, -0.15) is 5.10 Å². The lowest BCUT2D eigenvalue weighted by atomic mass is 9.47. The van der Waals surface area contributed by atoms with Gasteiger partial charge in [-0.1, -0.05) is 37.6 Å². The number of carbonyl (C=O) groups excluding carboxylic acids is 2. The van der Waals surface area contributed by atoms with Gasteiger partial charge in [-0.05, 0) is 108 Å². The van der Waals surface area contributed by atoms with Crippen molar-refractivity contribution in [1.29, 1.82) is 0 Å². The van der Waals surface area contributed by atoms with Crippen LogP contribution in [0.15, 0.2) is 58.6 Å². The number of hydrogen-bond acceptors (Lipinski definition) is 4. The molecule has 0 aliphatic heterocycles. The number of rotatable bonds is 3. The van der Waals surface area contributed by atoms with Gasteiger partial charge in [0.25, 0.3) is 0 Å². The van der Waals surface area contributed by atoms with Crippen LogP contribution >= 0.6 is 15.9 Å². The van der Waals surface area contributed by atoms with Crippen molar-refractivity contribution in [3.63, 3.8) is 0 Å². The molecular weight excluding hydrogens is 516 g/mol. The summed E-state index contributed by atoms with van der Waals surface area (Å²) >= 11 is 3.70. The second-order valence-electron chi connectivity index (χ2n) is 11.6. The average Bonchev–Trinajstić information content (AvgIpc) is 3.45. The third-order valence-electron chi connectivity index (χ3n) is 10.1. The molecule has 3 fully saturated rings. The monoisotopic (exact) mass is 548 g/mol. The summed E-state index contributed by atoms with van der Waals surface area (Å²) in [5.74, 6) is 1.91. The van der Waals surface area contributed by atoms with E-state index in [0.717, 1.165) is 48.0 Å². The lowest BCUT2D eigenvalue weighted by molar-refractivity contribution is -0.111. The summed E-state index contributed by atoms with van der Waals surface area (Å²) in [5, 5.41) is 4.74. The van der Waals surface area contributed by atoms with E-state index in [4.69, 9.17) is 9.84 Å². The molecule has 0 radical (unpaired) electrons. The number of aromatic nitrogens is 2. The number of allylic oxidation sites excluding steroid dienone is 4. The van der Waals surface area contributed by atoms with Crippen LogP contribution < -0.4 is 0 Å². The largest absolute Gasteiger partial charge is 0.464 e. The minimum absolute atomic E-state index is 0.00493. The van der Waals surface area contributed by atoms with E-state index in [0.29, 0.717) is 29.4 Å². The molecule has 0 saturated heterocycles. The molecule has 0 unspecified atom stereocenters. The van der Waals surface area contributed by atoms with Crippen LogP contribution in [0.25, 0.3) is 5.69 Å². The molecule has 0 amide bonds. The van der Waals surface area contributed by atoms with Gasteiger partial charge in [0.15, 0.2) is 11.5 Å². The molecule has 4 aliphatic carbocycles. The van der Waals surface area contributed by atoms with Crippen molar-refractivity contribution in [2.75, 3.05) is 7.11 Å². The molecule has 1 aromatic carbocycles. The average molecular weight is 550 g/mol. The highest BCUT2D eigenvalue weighted by atomic mass is 79.9. The molecule has 0 bridgehead atoms. The van der Waals surface area contributed by atoms with Gasteiger partial charge in [0.2, 0.25) is 0 Å². The number of benzene rings is 1. The molecule has 6 rings (SSSR count). The van der Waals surface area contributed by atoms with E-state index in [9.17, 15) is 9.59 Å². The summed E-state index contributed by atoms with van der Waals surface area (Å²) in [6.45, 7) is 4.84. The van der Waals surface area contributed by atoms with Gasteiger partial charge in [-0.3, -0.25) is 4.79 Å². The minimum atomic E-state index is -0.399. The SMILES string of the molecule is COC(=O)c1cc([C@H]2CC[C@H]3[C@@H]4CCC5=CC(=O)C=C[C@]5(C)[C@H]4CC[C@]23C)n(-c2ccccc2Br)n1. The van der Waals surface area contributed by atoms with Gasteiger partial charge in [-0.15, -0.1) is 0 Å². The molecule has 5 nitrogen and oxygen atoms in total. The first kappa shape index (κ1) is 23.9. The minimum Gasteiger partial charge on any atom is -0.464 e. The maximum Gasteiger partial charge on any atom is 0.358 e. The molecule has 1 heterocycles. The molecule has 0 spiro atoms. The van der Waals surface area contributed by atoms with Crippen LogP contribution in [0.4, 0.5) is 0 Å². The van der Waals surface area contributed by atoms with E-state index < -0.39 is 5.97 Å². The highest BCUT2D eigenvalue weighted by molar-refractivity contribution is 9.10. The summed E-state index contributed by atoms with van der Waals surface area (Å²) in [4.78, 5) is 24.6. The van der Waals surface area contributed by atoms with Gasteiger partial charge in [0.05, 0.1) is 12.8 Å². The summed E-state index contributed by atoms with van der Waals surface area (Å²) in [5.41, 5.74) is 3.90. The third kappa shape index (κ3) is 3.43. The van der Waals surface area contributed by atoms with Gasteiger partial charge >= 0.3 is 5.97 Å². The van der Waals surface area contributed by atoms with Gasteiger partial charge in [0, 0.05) is 21.5 Å². The van der Waals surface area contributed by atoms with Crippen molar-refractivity contribution < 1.29 is 14.3 Å². The predicted octanol–water partition coefficient (Wildman–Crippen LogP) is 6.81. The molecule has 1 aromatic heterocycles. The van der Waals surface area contributed by atoms with Crippen LogP contribution in [-0.4, -0.2) is 28.6 Å². The molecule has 3 saturated carbocycles. The molecular formula is C30H33BrN2O3. The maximum absolute atomic E-state index is 12.5. The van der Waals surface area contributed by atoms with E-state index in [-0.39, 0.29) is 16.6 Å². The van der Waals surface area contributed by atoms with Crippen molar-refractivity contribution in [2.45, 2.75) is 58.3 Å². The van der Waals surface area contributed by atoms with Crippen LogP contribution in [0.1, 0.15) is 74.5 Å². The first-order chi connectivity index (χ1) is 17.3. The molecule has 4 aliphatic rings. The standard InChI is InChI=1S/C30H33BrN2O3/c1-29-14-12-19(34)16-18(29)8-9-20-21-10-11-23(30(21,2)15-13-22(20)29)27-17-25(28(35)36-3)32-33(27)26-7-5-4-6-24(26)31/h4-7,12,14,16-17,20-23H,8-11,13,15H2,1-3H3/t20-,21-,22-,23+,29-,30-/m0/s1. The fourth-order valence-corrected chi connectivity index (χ4v) is 8.80. The number of methoxy groups -OCH3 is 1. The lowest BCUT2D eigenvalue weighted by Gasteiger charge is -2.57. The van der Waals surface area contributed by atoms with E-state index in [2.05, 4.69) is 35.9 Å². The van der Waals surface area contributed by atoms with Crippen LogP contribution in [0.3, 0.4) is 0 Å². The number of carbonyl (C=O) groups is 2. The molecule has 36 heavy (non-hydrogen) atoms. The smallest absolute Gasteiger partial charge is 0.358 e. The van der Waals surface area contributed by atoms with Gasteiger partial charge in [-0.25, -0.2) is 9.48 Å². The zero-order chi connectivity index (χ0) is 25.2.